The number of amides is 1. The molecule has 1 aromatic heterocycles. The second-order valence-corrected chi connectivity index (χ2v) is 8.47. The average Bonchev–Trinajstić information content (AvgIpc) is 2.78. The monoisotopic (exact) mass is 337 g/mol. The lowest BCUT2D eigenvalue weighted by molar-refractivity contribution is 0.0636. The zero-order chi connectivity index (χ0) is 16.7. The van der Waals surface area contributed by atoms with Gasteiger partial charge in [0.05, 0.1) is 5.69 Å². The van der Waals surface area contributed by atoms with Gasteiger partial charge in [-0.1, -0.05) is 38.5 Å². The van der Waals surface area contributed by atoms with Crippen molar-refractivity contribution in [1.82, 2.24) is 0 Å². The molecule has 1 heterocycles. The van der Waals surface area contributed by atoms with Crippen LogP contribution in [-0.2, 0) is 17.6 Å². The number of rotatable bonds is 1. The zero-order valence-corrected chi connectivity index (χ0v) is 15.7. The average molecular weight is 338 g/mol. The fourth-order valence-corrected chi connectivity index (χ4v) is 4.15. The standard InChI is InChI=1S/C19H31NO2S/c1-19(2,3)22-18(21)20-16-14-23-17-13-11-9-7-5-4-6-8-10-12-15(16)17/h14H,4-13H2,1-3H3,(H,20,21). The molecule has 0 fully saturated rings. The molecule has 1 amide bonds. The maximum Gasteiger partial charge on any atom is 0.412 e. The first kappa shape index (κ1) is 18.3. The SMILES string of the molecule is CC(C)(C)OC(=O)Nc1csc2c1CCCCCCCCCC2. The van der Waals surface area contributed by atoms with Crippen LogP contribution >= 0.6 is 11.3 Å². The molecule has 4 heteroatoms. The molecule has 1 N–H and O–H groups in total. The third-order valence-electron chi connectivity index (χ3n) is 4.20. The molecule has 0 spiro atoms. The van der Waals surface area contributed by atoms with Gasteiger partial charge in [-0.15, -0.1) is 11.3 Å². The fraction of sp³-hybridized carbons (Fsp3) is 0.737. The third-order valence-corrected chi connectivity index (χ3v) is 5.29. The molecule has 23 heavy (non-hydrogen) atoms. The molecule has 0 unspecified atom stereocenters. The number of carbonyl (C=O) groups is 1. The van der Waals surface area contributed by atoms with E-state index in [1.54, 1.807) is 11.3 Å². The van der Waals surface area contributed by atoms with Crippen molar-refractivity contribution in [3.8, 4) is 0 Å². The lowest BCUT2D eigenvalue weighted by Gasteiger charge is -2.20. The predicted molar refractivity (Wildman–Crippen MR) is 98.5 cm³/mol. The lowest BCUT2D eigenvalue weighted by atomic mass is 9.99. The van der Waals surface area contributed by atoms with E-state index in [9.17, 15) is 4.79 Å². The molecule has 130 valence electrons. The molecule has 0 bridgehead atoms. The van der Waals surface area contributed by atoms with Crippen LogP contribution in [0.2, 0.25) is 0 Å². The van der Waals surface area contributed by atoms with E-state index >= 15 is 0 Å². The summed E-state index contributed by atoms with van der Waals surface area (Å²) in [6, 6.07) is 0. The molecular weight excluding hydrogens is 306 g/mol. The number of hydrogen-bond acceptors (Lipinski definition) is 3. The van der Waals surface area contributed by atoms with Crippen molar-refractivity contribution in [1.29, 1.82) is 0 Å². The molecule has 0 atom stereocenters. The summed E-state index contributed by atoms with van der Waals surface area (Å²) >= 11 is 1.79. The molecule has 3 nitrogen and oxygen atoms in total. The topological polar surface area (TPSA) is 38.3 Å². The van der Waals surface area contributed by atoms with Crippen molar-refractivity contribution in [2.24, 2.45) is 0 Å². The number of fused-ring (bicyclic) bond motifs is 1. The number of thiophene rings is 1. The normalized spacial score (nSPS) is 17.5. The fourth-order valence-electron chi connectivity index (χ4n) is 3.07. The van der Waals surface area contributed by atoms with Gasteiger partial charge >= 0.3 is 6.09 Å². The van der Waals surface area contributed by atoms with Gasteiger partial charge in [-0.3, -0.25) is 5.32 Å². The van der Waals surface area contributed by atoms with E-state index in [1.165, 1.54) is 61.8 Å². The second kappa shape index (κ2) is 8.72. The Bertz CT molecular complexity index is 502. The molecule has 0 saturated carbocycles. The van der Waals surface area contributed by atoms with Crippen LogP contribution in [-0.4, -0.2) is 11.7 Å². The van der Waals surface area contributed by atoms with Gasteiger partial charge in [-0.05, 0) is 52.0 Å². The van der Waals surface area contributed by atoms with Gasteiger partial charge in [-0.25, -0.2) is 4.79 Å². The Kier molecular flexibility index (Phi) is 6.94. The van der Waals surface area contributed by atoms with Crippen molar-refractivity contribution in [3.05, 3.63) is 15.8 Å². The van der Waals surface area contributed by atoms with Gasteiger partial charge in [0.15, 0.2) is 0 Å². The number of anilines is 1. The van der Waals surface area contributed by atoms with Crippen molar-refractivity contribution >= 4 is 23.1 Å². The number of ether oxygens (including phenoxy) is 1. The van der Waals surface area contributed by atoms with Crippen LogP contribution in [0.4, 0.5) is 10.5 Å². The molecule has 0 aliphatic heterocycles. The van der Waals surface area contributed by atoms with Crippen molar-refractivity contribution in [2.45, 2.75) is 90.6 Å². The van der Waals surface area contributed by atoms with E-state index in [-0.39, 0.29) is 6.09 Å². The molecule has 0 saturated heterocycles. The van der Waals surface area contributed by atoms with E-state index in [4.69, 9.17) is 4.74 Å². The number of nitrogens with one attached hydrogen (secondary N) is 1. The van der Waals surface area contributed by atoms with E-state index in [0.29, 0.717) is 0 Å². The van der Waals surface area contributed by atoms with Crippen molar-refractivity contribution < 1.29 is 9.53 Å². The van der Waals surface area contributed by atoms with E-state index in [2.05, 4.69) is 10.7 Å². The first-order valence-electron chi connectivity index (χ1n) is 9.05. The maximum atomic E-state index is 12.1. The first-order valence-corrected chi connectivity index (χ1v) is 9.93. The van der Waals surface area contributed by atoms with Crippen LogP contribution in [0.1, 0.15) is 82.6 Å². The van der Waals surface area contributed by atoms with Crippen LogP contribution in [0.5, 0.6) is 0 Å². The summed E-state index contributed by atoms with van der Waals surface area (Å²) < 4.78 is 5.39. The third kappa shape index (κ3) is 6.54. The minimum absolute atomic E-state index is 0.343. The molecule has 1 aromatic rings. The van der Waals surface area contributed by atoms with E-state index < -0.39 is 5.60 Å². The molecule has 1 aliphatic rings. The van der Waals surface area contributed by atoms with Gasteiger partial charge in [0.25, 0.3) is 0 Å². The van der Waals surface area contributed by atoms with Crippen LogP contribution < -0.4 is 5.32 Å². The van der Waals surface area contributed by atoms with Crippen LogP contribution in [0.3, 0.4) is 0 Å². The summed E-state index contributed by atoms with van der Waals surface area (Å²) in [5, 5.41) is 5.06. The van der Waals surface area contributed by atoms with Gasteiger partial charge in [0.1, 0.15) is 5.60 Å². The van der Waals surface area contributed by atoms with E-state index in [1.807, 2.05) is 20.8 Å². The Morgan fingerprint density at radius 2 is 1.57 bits per heavy atom. The Hall–Kier alpha value is -1.03. The summed E-state index contributed by atoms with van der Waals surface area (Å²) in [6.45, 7) is 5.68. The Morgan fingerprint density at radius 3 is 2.17 bits per heavy atom. The summed E-state index contributed by atoms with van der Waals surface area (Å²) in [6.07, 6.45) is 12.4. The number of aryl methyl sites for hydroxylation is 1. The molecular formula is C19H31NO2S. The van der Waals surface area contributed by atoms with Crippen LogP contribution in [0.25, 0.3) is 0 Å². The zero-order valence-electron chi connectivity index (χ0n) is 14.9. The minimum Gasteiger partial charge on any atom is -0.444 e. The Morgan fingerprint density at radius 1 is 1.00 bits per heavy atom. The predicted octanol–water partition coefficient (Wildman–Crippen LogP) is 6.31. The van der Waals surface area contributed by atoms with Gasteiger partial charge in [0.2, 0.25) is 0 Å². The summed E-state index contributed by atoms with van der Waals surface area (Å²) in [7, 11) is 0. The minimum atomic E-state index is -0.458. The molecule has 2 rings (SSSR count). The summed E-state index contributed by atoms with van der Waals surface area (Å²) in [4.78, 5) is 13.5. The highest BCUT2D eigenvalue weighted by Gasteiger charge is 2.19. The van der Waals surface area contributed by atoms with Gasteiger partial charge in [0, 0.05) is 10.3 Å². The van der Waals surface area contributed by atoms with Crippen molar-refractivity contribution in [2.75, 3.05) is 5.32 Å². The van der Waals surface area contributed by atoms with Crippen LogP contribution in [0.15, 0.2) is 5.38 Å². The summed E-state index contributed by atoms with van der Waals surface area (Å²) in [5.41, 5.74) is 1.86. The largest absolute Gasteiger partial charge is 0.444 e. The smallest absolute Gasteiger partial charge is 0.412 e. The highest BCUT2D eigenvalue weighted by Crippen LogP contribution is 2.31. The Labute approximate surface area is 144 Å². The quantitative estimate of drug-likeness (QED) is 0.651. The highest BCUT2D eigenvalue weighted by molar-refractivity contribution is 7.10. The number of hydrogen-bond donors (Lipinski definition) is 1. The van der Waals surface area contributed by atoms with E-state index in [0.717, 1.165) is 18.5 Å². The molecule has 1 aliphatic carbocycles. The number of carbonyl (C=O) groups excluding carboxylic acids is 1. The van der Waals surface area contributed by atoms with Crippen LogP contribution in [0, 0.1) is 0 Å². The summed E-state index contributed by atoms with van der Waals surface area (Å²) in [5.74, 6) is 0. The maximum absolute atomic E-state index is 12.1. The van der Waals surface area contributed by atoms with Crippen molar-refractivity contribution in [3.63, 3.8) is 0 Å². The second-order valence-electron chi connectivity index (χ2n) is 7.51. The Balaban J connectivity index is 2.04. The highest BCUT2D eigenvalue weighted by atomic mass is 32.1. The van der Waals surface area contributed by atoms with Gasteiger partial charge < -0.3 is 4.74 Å². The molecule has 0 aromatic carbocycles. The van der Waals surface area contributed by atoms with Gasteiger partial charge in [-0.2, -0.15) is 0 Å². The lowest BCUT2D eigenvalue weighted by Crippen LogP contribution is -2.27. The first-order chi connectivity index (χ1) is 11.0. The molecule has 0 radical (unpaired) electrons.